The number of β-amino-alcohol motifs (C(OH)–C–C–N with tert-alkyl or cyclic N) is 1. The van der Waals surface area contributed by atoms with Crippen LogP contribution >= 0.6 is 0 Å². The molecule has 3 nitrogen and oxygen atoms in total. The maximum Gasteiger partial charge on any atom is 0.0682 e. The van der Waals surface area contributed by atoms with Crippen LogP contribution in [0.15, 0.2) is 30.3 Å². The summed E-state index contributed by atoms with van der Waals surface area (Å²) in [5, 5.41) is 9.84. The van der Waals surface area contributed by atoms with Crippen LogP contribution in [0.5, 0.6) is 0 Å². The molecule has 2 unspecified atom stereocenters. The molecular formula is C16H26N2O. The average molecular weight is 262 g/mol. The fourth-order valence-corrected chi connectivity index (χ4v) is 2.97. The van der Waals surface area contributed by atoms with Gasteiger partial charge in [-0.1, -0.05) is 30.3 Å². The minimum atomic E-state index is -0.137. The van der Waals surface area contributed by atoms with Gasteiger partial charge in [-0.25, -0.2) is 0 Å². The molecule has 1 aliphatic heterocycles. The summed E-state index contributed by atoms with van der Waals surface area (Å²) in [6.45, 7) is 2.97. The number of hydrogen-bond acceptors (Lipinski definition) is 3. The number of aryl methyl sites for hydroxylation is 1. The van der Waals surface area contributed by atoms with Crippen LogP contribution in [0.1, 0.15) is 18.4 Å². The number of aliphatic hydroxyl groups is 1. The van der Waals surface area contributed by atoms with Crippen molar-refractivity contribution in [3.05, 3.63) is 35.9 Å². The Hall–Kier alpha value is -0.900. The van der Waals surface area contributed by atoms with E-state index in [-0.39, 0.29) is 6.10 Å². The zero-order valence-corrected chi connectivity index (χ0v) is 12.1. The van der Waals surface area contributed by atoms with E-state index in [1.54, 1.807) is 0 Å². The lowest BCUT2D eigenvalue weighted by atomic mass is 10.1. The monoisotopic (exact) mass is 262 g/mol. The third-order valence-electron chi connectivity index (χ3n) is 3.84. The highest BCUT2D eigenvalue weighted by molar-refractivity contribution is 5.14. The first-order valence-corrected chi connectivity index (χ1v) is 7.26. The Kier molecular flexibility index (Phi) is 5.37. The van der Waals surface area contributed by atoms with Crippen molar-refractivity contribution in [3.8, 4) is 0 Å². The molecule has 0 spiro atoms. The second kappa shape index (κ2) is 7.04. The van der Waals surface area contributed by atoms with E-state index >= 15 is 0 Å². The van der Waals surface area contributed by atoms with Crippen molar-refractivity contribution in [2.45, 2.75) is 31.4 Å². The second-order valence-corrected chi connectivity index (χ2v) is 5.89. The summed E-state index contributed by atoms with van der Waals surface area (Å²) >= 11 is 0. The van der Waals surface area contributed by atoms with Crippen molar-refractivity contribution in [1.82, 2.24) is 9.80 Å². The number of hydrogen-bond donors (Lipinski definition) is 1. The fourth-order valence-electron chi connectivity index (χ4n) is 2.97. The van der Waals surface area contributed by atoms with Gasteiger partial charge in [0.25, 0.3) is 0 Å². The van der Waals surface area contributed by atoms with Crippen LogP contribution in [-0.2, 0) is 6.42 Å². The Morgan fingerprint density at radius 3 is 2.68 bits per heavy atom. The summed E-state index contributed by atoms with van der Waals surface area (Å²) in [5.74, 6) is 0. The van der Waals surface area contributed by atoms with Gasteiger partial charge >= 0.3 is 0 Å². The lowest BCUT2D eigenvalue weighted by Gasteiger charge is -2.26. The molecule has 0 amide bonds. The van der Waals surface area contributed by atoms with E-state index in [1.165, 1.54) is 12.0 Å². The molecule has 1 aromatic carbocycles. The van der Waals surface area contributed by atoms with Gasteiger partial charge in [0.15, 0.2) is 0 Å². The lowest BCUT2D eigenvalue weighted by Crippen LogP contribution is -2.38. The summed E-state index contributed by atoms with van der Waals surface area (Å²) in [7, 11) is 4.21. The number of likely N-dealkylation sites (N-methyl/N-ethyl adjacent to an activating group) is 1. The number of likely N-dealkylation sites (tertiary alicyclic amines) is 1. The molecule has 0 saturated carbocycles. The minimum Gasteiger partial charge on any atom is -0.392 e. The maximum absolute atomic E-state index is 9.84. The van der Waals surface area contributed by atoms with Crippen molar-refractivity contribution in [3.63, 3.8) is 0 Å². The van der Waals surface area contributed by atoms with E-state index in [0.29, 0.717) is 6.04 Å². The largest absolute Gasteiger partial charge is 0.392 e. The van der Waals surface area contributed by atoms with Crippen molar-refractivity contribution >= 4 is 0 Å². The third kappa shape index (κ3) is 4.60. The second-order valence-electron chi connectivity index (χ2n) is 5.89. The number of rotatable bonds is 6. The molecule has 3 heteroatoms. The SMILES string of the molecule is CN(C)CC1CC(O)CN1CCCc1ccccc1. The molecule has 1 heterocycles. The molecule has 1 fully saturated rings. The highest BCUT2D eigenvalue weighted by Crippen LogP contribution is 2.19. The molecular weight excluding hydrogens is 236 g/mol. The summed E-state index contributed by atoms with van der Waals surface area (Å²) in [4.78, 5) is 4.67. The van der Waals surface area contributed by atoms with Gasteiger partial charge in [-0.3, -0.25) is 4.90 Å². The first-order valence-electron chi connectivity index (χ1n) is 7.26. The van der Waals surface area contributed by atoms with Crippen LogP contribution in [0.2, 0.25) is 0 Å². The Morgan fingerprint density at radius 2 is 2.00 bits per heavy atom. The van der Waals surface area contributed by atoms with Gasteiger partial charge in [0.2, 0.25) is 0 Å². The summed E-state index contributed by atoms with van der Waals surface area (Å²) in [6, 6.07) is 11.2. The first kappa shape index (κ1) is 14.5. The van der Waals surface area contributed by atoms with Gasteiger partial charge in [0.1, 0.15) is 0 Å². The topological polar surface area (TPSA) is 26.7 Å². The van der Waals surface area contributed by atoms with Crippen molar-refractivity contribution in [1.29, 1.82) is 0 Å². The van der Waals surface area contributed by atoms with Crippen LogP contribution in [0.3, 0.4) is 0 Å². The molecule has 2 rings (SSSR count). The molecule has 19 heavy (non-hydrogen) atoms. The summed E-state index contributed by atoms with van der Waals surface area (Å²) < 4.78 is 0. The van der Waals surface area contributed by atoms with Gasteiger partial charge in [-0.2, -0.15) is 0 Å². The van der Waals surface area contributed by atoms with E-state index in [9.17, 15) is 5.11 Å². The summed E-state index contributed by atoms with van der Waals surface area (Å²) in [5.41, 5.74) is 1.41. The first-order chi connectivity index (χ1) is 9.15. The maximum atomic E-state index is 9.84. The highest BCUT2D eigenvalue weighted by Gasteiger charge is 2.30. The van der Waals surface area contributed by atoms with Gasteiger partial charge in [0.05, 0.1) is 6.10 Å². The van der Waals surface area contributed by atoms with E-state index in [0.717, 1.165) is 32.5 Å². The summed E-state index contributed by atoms with van der Waals surface area (Å²) in [6.07, 6.45) is 3.08. The zero-order valence-electron chi connectivity index (χ0n) is 12.1. The fraction of sp³-hybridized carbons (Fsp3) is 0.625. The average Bonchev–Trinajstić information content (AvgIpc) is 2.70. The van der Waals surface area contributed by atoms with Gasteiger partial charge in [0, 0.05) is 19.1 Å². The Balaban J connectivity index is 1.77. The van der Waals surface area contributed by atoms with Crippen LogP contribution in [0, 0.1) is 0 Å². The zero-order chi connectivity index (χ0) is 13.7. The van der Waals surface area contributed by atoms with E-state index in [2.05, 4.69) is 54.2 Å². The number of aliphatic hydroxyl groups excluding tert-OH is 1. The van der Waals surface area contributed by atoms with Crippen molar-refractivity contribution in [2.75, 3.05) is 33.7 Å². The van der Waals surface area contributed by atoms with Crippen LogP contribution in [0.25, 0.3) is 0 Å². The Bertz CT molecular complexity index is 366. The molecule has 2 atom stereocenters. The van der Waals surface area contributed by atoms with Crippen molar-refractivity contribution < 1.29 is 5.11 Å². The Morgan fingerprint density at radius 1 is 1.26 bits per heavy atom. The minimum absolute atomic E-state index is 0.137. The number of nitrogens with zero attached hydrogens (tertiary/aromatic N) is 2. The lowest BCUT2D eigenvalue weighted by molar-refractivity contribution is 0.172. The molecule has 1 aromatic rings. The normalized spacial score (nSPS) is 24.2. The van der Waals surface area contributed by atoms with E-state index in [1.807, 2.05) is 0 Å². The quantitative estimate of drug-likeness (QED) is 0.844. The van der Waals surface area contributed by atoms with Crippen molar-refractivity contribution in [2.24, 2.45) is 0 Å². The molecule has 0 radical (unpaired) electrons. The molecule has 1 N–H and O–H groups in total. The Labute approximate surface area is 116 Å². The predicted octanol–water partition coefficient (Wildman–Crippen LogP) is 1.62. The standard InChI is InChI=1S/C16H26N2O/c1-17(2)12-15-11-16(19)13-18(15)10-6-9-14-7-4-3-5-8-14/h3-5,7-8,15-16,19H,6,9-13H2,1-2H3. The molecule has 0 aromatic heterocycles. The molecule has 0 aliphatic carbocycles. The van der Waals surface area contributed by atoms with Gasteiger partial charge in [-0.05, 0) is 45.5 Å². The van der Waals surface area contributed by atoms with Crippen LogP contribution < -0.4 is 0 Å². The predicted molar refractivity (Wildman–Crippen MR) is 79.3 cm³/mol. The third-order valence-corrected chi connectivity index (χ3v) is 3.84. The van der Waals surface area contributed by atoms with Crippen LogP contribution in [-0.4, -0.2) is 60.8 Å². The van der Waals surface area contributed by atoms with E-state index < -0.39 is 0 Å². The molecule has 1 aliphatic rings. The van der Waals surface area contributed by atoms with Gasteiger partial charge < -0.3 is 10.0 Å². The smallest absolute Gasteiger partial charge is 0.0682 e. The van der Waals surface area contributed by atoms with E-state index in [4.69, 9.17) is 0 Å². The molecule has 0 bridgehead atoms. The van der Waals surface area contributed by atoms with Crippen LogP contribution in [0.4, 0.5) is 0 Å². The molecule has 1 saturated heterocycles. The number of benzene rings is 1. The van der Waals surface area contributed by atoms with Gasteiger partial charge in [-0.15, -0.1) is 0 Å². The highest BCUT2D eigenvalue weighted by atomic mass is 16.3. The molecule has 106 valence electrons.